The van der Waals surface area contributed by atoms with Gasteiger partial charge in [-0.25, -0.2) is 0 Å². The molecule has 222 valence electrons. The number of fused-ring (bicyclic) bond motifs is 5. The van der Waals surface area contributed by atoms with Gasteiger partial charge in [0.15, 0.2) is 0 Å². The highest BCUT2D eigenvalue weighted by Gasteiger charge is 2.36. The van der Waals surface area contributed by atoms with Crippen molar-refractivity contribution in [2.45, 2.75) is 19.3 Å². The molecule has 1 aliphatic carbocycles. The van der Waals surface area contributed by atoms with Gasteiger partial charge in [-0.3, -0.25) is 9.97 Å². The van der Waals surface area contributed by atoms with Crippen LogP contribution < -0.4 is 0 Å². The van der Waals surface area contributed by atoms with Crippen LogP contribution in [0.4, 0.5) is 0 Å². The molecule has 2 nitrogen and oxygen atoms in total. The highest BCUT2D eigenvalue weighted by molar-refractivity contribution is 6.23. The number of rotatable bonds is 4. The maximum absolute atomic E-state index is 4.94. The fourth-order valence-electron chi connectivity index (χ4n) is 7.75. The molecule has 0 aliphatic heterocycles. The molecule has 0 saturated carbocycles. The fraction of sp³-hybridized carbons (Fsp3) is 0.0667. The quantitative estimate of drug-likeness (QED) is 0.188. The molecule has 0 radical (unpaired) electrons. The summed E-state index contributed by atoms with van der Waals surface area (Å²) in [7, 11) is 0. The number of hydrogen-bond acceptors (Lipinski definition) is 2. The summed E-state index contributed by atoms with van der Waals surface area (Å²) in [6.45, 7) is 4.73. The van der Waals surface area contributed by atoms with Gasteiger partial charge in [0.25, 0.3) is 0 Å². The van der Waals surface area contributed by atoms with Crippen molar-refractivity contribution < 1.29 is 0 Å². The molecule has 0 saturated heterocycles. The average molecular weight is 601 g/mol. The van der Waals surface area contributed by atoms with E-state index in [9.17, 15) is 0 Å². The molecular formula is C45H32N2. The third-order valence-corrected chi connectivity index (χ3v) is 9.99. The Hall–Kier alpha value is -5.86. The first kappa shape index (κ1) is 27.5. The topological polar surface area (TPSA) is 25.8 Å². The Bertz CT molecular complexity index is 2460. The van der Waals surface area contributed by atoms with Crippen LogP contribution in [0.2, 0.25) is 0 Å². The van der Waals surface area contributed by atoms with Gasteiger partial charge < -0.3 is 0 Å². The van der Waals surface area contributed by atoms with Crippen molar-refractivity contribution in [3.63, 3.8) is 0 Å². The summed E-state index contributed by atoms with van der Waals surface area (Å²) >= 11 is 0. The predicted octanol–water partition coefficient (Wildman–Crippen LogP) is 11.8. The molecule has 47 heavy (non-hydrogen) atoms. The standard InChI is InChI=1S/C45H32N2/c1-45(2)39-21-11-10-17-32(39)36-26-37-38(27-40(36)45)44(33-18-7-6-16-31(33)29-14-4-3-5-15-29)35-20-9-8-19-34(35)43(37)30-23-24-42(47-28-30)41-22-12-13-25-46-41/h3-28H,1-2H3. The average Bonchev–Trinajstić information content (AvgIpc) is 3.36. The Morgan fingerprint density at radius 2 is 1.04 bits per heavy atom. The molecule has 0 atom stereocenters. The van der Waals surface area contributed by atoms with Gasteiger partial charge in [-0.05, 0) is 102 Å². The van der Waals surface area contributed by atoms with Gasteiger partial charge in [0.2, 0.25) is 0 Å². The summed E-state index contributed by atoms with van der Waals surface area (Å²) in [5.41, 5.74) is 14.3. The molecule has 0 bridgehead atoms. The van der Waals surface area contributed by atoms with Crippen LogP contribution in [0, 0.1) is 0 Å². The molecule has 0 unspecified atom stereocenters. The zero-order chi connectivity index (χ0) is 31.5. The molecule has 0 fully saturated rings. The zero-order valence-electron chi connectivity index (χ0n) is 26.4. The first-order valence-electron chi connectivity index (χ1n) is 16.2. The van der Waals surface area contributed by atoms with Crippen molar-refractivity contribution in [3.8, 4) is 55.9 Å². The summed E-state index contributed by atoms with van der Waals surface area (Å²) < 4.78 is 0. The molecule has 0 N–H and O–H groups in total. The van der Waals surface area contributed by atoms with E-state index in [0.717, 1.165) is 17.0 Å². The highest BCUT2D eigenvalue weighted by atomic mass is 14.8. The lowest BCUT2D eigenvalue weighted by atomic mass is 9.79. The minimum absolute atomic E-state index is 0.117. The van der Waals surface area contributed by atoms with Gasteiger partial charge in [0.05, 0.1) is 11.4 Å². The lowest BCUT2D eigenvalue weighted by Gasteiger charge is -2.24. The van der Waals surface area contributed by atoms with E-state index in [0.29, 0.717) is 0 Å². The smallest absolute Gasteiger partial charge is 0.0886 e. The second kappa shape index (κ2) is 10.6. The van der Waals surface area contributed by atoms with Crippen LogP contribution in [0.3, 0.4) is 0 Å². The lowest BCUT2D eigenvalue weighted by molar-refractivity contribution is 0.661. The van der Waals surface area contributed by atoms with E-state index in [2.05, 4.69) is 146 Å². The van der Waals surface area contributed by atoms with Crippen LogP contribution in [-0.2, 0) is 5.41 Å². The molecule has 2 heteroatoms. The third kappa shape index (κ3) is 4.26. The monoisotopic (exact) mass is 600 g/mol. The van der Waals surface area contributed by atoms with Gasteiger partial charge in [-0.2, -0.15) is 0 Å². The van der Waals surface area contributed by atoms with Crippen LogP contribution in [0.25, 0.3) is 77.4 Å². The lowest BCUT2D eigenvalue weighted by Crippen LogP contribution is -2.14. The molecule has 0 spiro atoms. The van der Waals surface area contributed by atoms with Crippen LogP contribution in [0.15, 0.2) is 158 Å². The van der Waals surface area contributed by atoms with Crippen molar-refractivity contribution in [3.05, 3.63) is 169 Å². The summed E-state index contributed by atoms with van der Waals surface area (Å²) in [6.07, 6.45) is 3.84. The Morgan fingerprint density at radius 3 is 1.79 bits per heavy atom. The first-order chi connectivity index (χ1) is 23.1. The highest BCUT2D eigenvalue weighted by Crippen LogP contribution is 2.53. The van der Waals surface area contributed by atoms with E-state index in [1.165, 1.54) is 71.6 Å². The molecule has 6 aromatic carbocycles. The van der Waals surface area contributed by atoms with Gasteiger partial charge in [0.1, 0.15) is 0 Å². The fourth-order valence-corrected chi connectivity index (χ4v) is 7.75. The molecular weight excluding hydrogens is 569 g/mol. The maximum atomic E-state index is 4.94. The Kier molecular flexibility index (Phi) is 6.20. The second-order valence-corrected chi connectivity index (χ2v) is 13.0. The zero-order valence-corrected chi connectivity index (χ0v) is 26.4. The van der Waals surface area contributed by atoms with Crippen LogP contribution >= 0.6 is 0 Å². The molecule has 8 aromatic rings. The van der Waals surface area contributed by atoms with Gasteiger partial charge >= 0.3 is 0 Å². The second-order valence-electron chi connectivity index (χ2n) is 13.0. The summed E-state index contributed by atoms with van der Waals surface area (Å²) in [5, 5.41) is 4.95. The summed E-state index contributed by atoms with van der Waals surface area (Å²) in [4.78, 5) is 9.48. The number of pyridine rings is 2. The Labute approximate surface area is 275 Å². The molecule has 9 rings (SSSR count). The van der Waals surface area contributed by atoms with Gasteiger partial charge in [-0.1, -0.05) is 129 Å². The van der Waals surface area contributed by atoms with E-state index in [1.807, 2.05) is 30.6 Å². The maximum Gasteiger partial charge on any atom is 0.0886 e. The summed E-state index contributed by atoms with van der Waals surface area (Å²) in [5.74, 6) is 0. The van der Waals surface area contributed by atoms with E-state index in [4.69, 9.17) is 4.98 Å². The molecule has 0 amide bonds. The summed E-state index contributed by atoms with van der Waals surface area (Å²) in [6, 6.07) is 52.6. The van der Waals surface area contributed by atoms with Crippen molar-refractivity contribution in [1.82, 2.24) is 9.97 Å². The minimum atomic E-state index is -0.117. The van der Waals surface area contributed by atoms with E-state index < -0.39 is 0 Å². The van der Waals surface area contributed by atoms with Gasteiger partial charge in [-0.15, -0.1) is 0 Å². The van der Waals surface area contributed by atoms with Crippen molar-refractivity contribution in [2.75, 3.05) is 0 Å². The van der Waals surface area contributed by atoms with E-state index in [1.54, 1.807) is 0 Å². The van der Waals surface area contributed by atoms with Crippen molar-refractivity contribution in [1.29, 1.82) is 0 Å². The van der Waals surface area contributed by atoms with Crippen LogP contribution in [0.1, 0.15) is 25.0 Å². The Balaban J connectivity index is 1.41. The molecule has 1 aliphatic rings. The number of aromatic nitrogens is 2. The van der Waals surface area contributed by atoms with Crippen LogP contribution in [-0.4, -0.2) is 9.97 Å². The number of benzene rings is 6. The predicted molar refractivity (Wildman–Crippen MR) is 196 cm³/mol. The van der Waals surface area contributed by atoms with Crippen molar-refractivity contribution >= 4 is 21.5 Å². The number of hydrogen-bond donors (Lipinski definition) is 0. The van der Waals surface area contributed by atoms with Crippen molar-refractivity contribution in [2.24, 2.45) is 0 Å². The van der Waals surface area contributed by atoms with Crippen LogP contribution in [0.5, 0.6) is 0 Å². The normalized spacial score (nSPS) is 13.1. The third-order valence-electron chi connectivity index (χ3n) is 9.99. The first-order valence-corrected chi connectivity index (χ1v) is 16.2. The van der Waals surface area contributed by atoms with E-state index >= 15 is 0 Å². The Morgan fingerprint density at radius 1 is 0.404 bits per heavy atom. The van der Waals surface area contributed by atoms with Gasteiger partial charge in [0, 0.05) is 23.4 Å². The largest absolute Gasteiger partial charge is 0.255 e. The van der Waals surface area contributed by atoms with E-state index in [-0.39, 0.29) is 5.41 Å². The number of nitrogens with zero attached hydrogens (tertiary/aromatic N) is 2. The minimum Gasteiger partial charge on any atom is -0.255 e. The SMILES string of the molecule is CC1(C)c2ccccc2-c2cc3c(-c4ccc(-c5ccccn5)nc4)c4ccccc4c(-c4ccccc4-c4ccccc4)c3cc21. The molecule has 2 heterocycles. The molecule has 2 aromatic heterocycles.